The summed E-state index contributed by atoms with van der Waals surface area (Å²) in [6, 6.07) is 21.5. The SMILES string of the molecule is Cc1cccc(/C(=C(\F)CN(S(=O)(=O)c2ccccc2)S(=O)(=O)c2ccccc2)C(C)C)c1. The van der Waals surface area contributed by atoms with E-state index in [1.165, 1.54) is 48.5 Å². The smallest absolute Gasteiger partial charge is 0.210 e. The fourth-order valence-electron chi connectivity index (χ4n) is 3.53. The van der Waals surface area contributed by atoms with Gasteiger partial charge in [-0.15, -0.1) is 0 Å². The number of sulfonamides is 2. The number of rotatable bonds is 8. The summed E-state index contributed by atoms with van der Waals surface area (Å²) in [7, 11) is -9.16. The molecule has 0 saturated heterocycles. The standard InChI is InChI=1S/C25H26FNO4S2/c1-19(2)25(21-12-10-11-20(3)17-21)24(26)18-27(32(28,29)22-13-6-4-7-14-22)33(30,31)23-15-8-5-9-16-23/h4-17,19H,18H2,1-3H3/b25-24-. The molecule has 0 saturated carbocycles. The maximum atomic E-state index is 15.8. The molecular formula is C25H26FNO4S2. The summed E-state index contributed by atoms with van der Waals surface area (Å²) in [5.74, 6) is -1.14. The third kappa shape index (κ3) is 5.40. The van der Waals surface area contributed by atoms with Gasteiger partial charge in [0.05, 0.1) is 16.3 Å². The van der Waals surface area contributed by atoms with Crippen LogP contribution in [0.2, 0.25) is 0 Å². The molecule has 0 amide bonds. The van der Waals surface area contributed by atoms with Crippen molar-refractivity contribution < 1.29 is 21.2 Å². The Labute approximate surface area is 195 Å². The van der Waals surface area contributed by atoms with E-state index < -0.39 is 32.4 Å². The van der Waals surface area contributed by atoms with Gasteiger partial charge in [0.15, 0.2) is 0 Å². The van der Waals surface area contributed by atoms with Crippen molar-refractivity contribution in [3.8, 4) is 0 Å². The molecule has 0 bridgehead atoms. The summed E-state index contributed by atoms with van der Waals surface area (Å²) in [5, 5.41) is 0. The first kappa shape index (κ1) is 24.8. The maximum Gasteiger partial charge on any atom is 0.256 e. The Balaban J connectivity index is 2.21. The highest BCUT2D eigenvalue weighted by Crippen LogP contribution is 2.32. The van der Waals surface area contributed by atoms with E-state index in [4.69, 9.17) is 0 Å². The van der Waals surface area contributed by atoms with Gasteiger partial charge in [-0.05, 0) is 48.2 Å². The van der Waals surface area contributed by atoms with Gasteiger partial charge in [0.2, 0.25) is 0 Å². The molecule has 0 aliphatic heterocycles. The molecule has 0 aliphatic rings. The highest BCUT2D eigenvalue weighted by atomic mass is 32.3. The molecule has 0 N–H and O–H groups in total. The van der Waals surface area contributed by atoms with Crippen molar-refractivity contribution in [2.45, 2.75) is 30.6 Å². The third-order valence-electron chi connectivity index (χ3n) is 5.08. The predicted molar refractivity (Wildman–Crippen MR) is 128 cm³/mol. The summed E-state index contributed by atoms with van der Waals surface area (Å²) in [6.45, 7) is 4.47. The molecule has 3 rings (SSSR count). The second kappa shape index (κ2) is 9.99. The number of nitrogens with zero attached hydrogens (tertiary/aromatic N) is 1. The van der Waals surface area contributed by atoms with Gasteiger partial charge in [-0.1, -0.05) is 83.8 Å². The molecule has 174 valence electrons. The van der Waals surface area contributed by atoms with Crippen LogP contribution in [0.5, 0.6) is 0 Å². The molecule has 3 aromatic rings. The first-order chi connectivity index (χ1) is 15.5. The minimum atomic E-state index is -4.58. The van der Waals surface area contributed by atoms with E-state index in [-0.39, 0.29) is 25.0 Å². The average molecular weight is 488 g/mol. The van der Waals surface area contributed by atoms with Crippen LogP contribution in [-0.4, -0.2) is 27.1 Å². The van der Waals surface area contributed by atoms with Gasteiger partial charge in [0.25, 0.3) is 20.0 Å². The van der Waals surface area contributed by atoms with Gasteiger partial charge in [0.1, 0.15) is 5.83 Å². The Bertz CT molecular complexity index is 1280. The molecule has 0 atom stereocenters. The number of allylic oxidation sites excluding steroid dienone is 1. The van der Waals surface area contributed by atoms with Crippen LogP contribution in [0.3, 0.4) is 0 Å². The van der Waals surface area contributed by atoms with Gasteiger partial charge >= 0.3 is 0 Å². The predicted octanol–water partition coefficient (Wildman–Crippen LogP) is 5.41. The molecule has 0 aliphatic carbocycles. The van der Waals surface area contributed by atoms with Crippen LogP contribution in [0.4, 0.5) is 4.39 Å². The van der Waals surface area contributed by atoms with Crippen molar-refractivity contribution in [3.63, 3.8) is 0 Å². The molecule has 33 heavy (non-hydrogen) atoms. The fraction of sp³-hybridized carbons (Fsp3) is 0.200. The van der Waals surface area contributed by atoms with Crippen molar-refractivity contribution in [2.75, 3.05) is 6.54 Å². The Morgan fingerprint density at radius 1 is 0.788 bits per heavy atom. The normalized spacial score (nSPS) is 13.3. The fourth-order valence-corrected chi connectivity index (χ4v) is 7.12. The summed E-state index contributed by atoms with van der Waals surface area (Å²) < 4.78 is 69.7. The topological polar surface area (TPSA) is 71.5 Å². The van der Waals surface area contributed by atoms with Crippen molar-refractivity contribution in [1.29, 1.82) is 0 Å². The Kier molecular flexibility index (Phi) is 7.51. The summed E-state index contributed by atoms with van der Waals surface area (Å²) in [5.41, 5.74) is 1.75. The number of hydrogen-bond donors (Lipinski definition) is 0. The lowest BCUT2D eigenvalue weighted by molar-refractivity contribution is 0.480. The zero-order valence-electron chi connectivity index (χ0n) is 18.6. The molecule has 0 radical (unpaired) electrons. The highest BCUT2D eigenvalue weighted by Gasteiger charge is 2.38. The van der Waals surface area contributed by atoms with Crippen LogP contribution in [0.1, 0.15) is 25.0 Å². The number of aryl methyl sites for hydroxylation is 1. The van der Waals surface area contributed by atoms with Crippen LogP contribution < -0.4 is 0 Å². The number of hydrogen-bond acceptors (Lipinski definition) is 4. The van der Waals surface area contributed by atoms with E-state index in [1.54, 1.807) is 44.2 Å². The van der Waals surface area contributed by atoms with E-state index in [1.807, 2.05) is 13.0 Å². The largest absolute Gasteiger partial charge is 0.256 e. The second-order valence-corrected chi connectivity index (χ2v) is 11.9. The van der Waals surface area contributed by atoms with Crippen molar-refractivity contribution in [3.05, 3.63) is 102 Å². The minimum absolute atomic E-state index is 0.237. The molecular weight excluding hydrogens is 461 g/mol. The first-order valence-electron chi connectivity index (χ1n) is 10.4. The van der Waals surface area contributed by atoms with Gasteiger partial charge in [0, 0.05) is 0 Å². The Morgan fingerprint density at radius 2 is 1.27 bits per heavy atom. The summed E-state index contributed by atoms with van der Waals surface area (Å²) in [4.78, 5) is -0.474. The average Bonchev–Trinajstić information content (AvgIpc) is 2.78. The summed E-state index contributed by atoms with van der Waals surface area (Å²) in [6.07, 6.45) is 0. The monoisotopic (exact) mass is 487 g/mol. The van der Waals surface area contributed by atoms with E-state index in [0.717, 1.165) is 5.56 Å². The number of benzene rings is 3. The lowest BCUT2D eigenvalue weighted by Gasteiger charge is -2.23. The first-order valence-corrected chi connectivity index (χ1v) is 13.3. The molecule has 0 spiro atoms. The van der Waals surface area contributed by atoms with Gasteiger partial charge in [-0.3, -0.25) is 0 Å². The zero-order valence-corrected chi connectivity index (χ0v) is 20.3. The van der Waals surface area contributed by atoms with Crippen LogP contribution in [0.15, 0.2) is 101 Å². The van der Waals surface area contributed by atoms with E-state index >= 15 is 4.39 Å². The maximum absolute atomic E-state index is 15.8. The highest BCUT2D eigenvalue weighted by molar-refractivity contribution is 8.04. The van der Waals surface area contributed by atoms with Crippen LogP contribution in [-0.2, 0) is 20.0 Å². The van der Waals surface area contributed by atoms with Gasteiger partial charge < -0.3 is 0 Å². The Morgan fingerprint density at radius 3 is 1.70 bits per heavy atom. The molecule has 3 aromatic carbocycles. The third-order valence-corrected chi connectivity index (χ3v) is 9.33. The zero-order chi connectivity index (χ0) is 24.2. The van der Waals surface area contributed by atoms with Gasteiger partial charge in [-0.25, -0.2) is 21.2 Å². The van der Waals surface area contributed by atoms with Crippen molar-refractivity contribution >= 4 is 25.6 Å². The van der Waals surface area contributed by atoms with E-state index in [2.05, 4.69) is 0 Å². The molecule has 0 unspecified atom stereocenters. The molecule has 5 nitrogen and oxygen atoms in total. The van der Waals surface area contributed by atoms with Crippen molar-refractivity contribution in [1.82, 2.24) is 3.71 Å². The Hall–Kier alpha value is -2.81. The molecule has 0 aromatic heterocycles. The molecule has 0 fully saturated rings. The quantitative estimate of drug-likeness (QED) is 0.426. The lowest BCUT2D eigenvalue weighted by Crippen LogP contribution is -2.38. The van der Waals surface area contributed by atoms with E-state index in [9.17, 15) is 16.8 Å². The molecule has 8 heteroatoms. The summed E-state index contributed by atoms with van der Waals surface area (Å²) >= 11 is 0. The minimum Gasteiger partial charge on any atom is -0.210 e. The van der Waals surface area contributed by atoms with Crippen molar-refractivity contribution in [2.24, 2.45) is 5.92 Å². The lowest BCUT2D eigenvalue weighted by atomic mass is 9.93. The second-order valence-electron chi connectivity index (χ2n) is 7.91. The molecule has 0 heterocycles. The van der Waals surface area contributed by atoms with Crippen LogP contribution >= 0.6 is 0 Å². The number of halogens is 1. The van der Waals surface area contributed by atoms with Crippen LogP contribution in [0, 0.1) is 12.8 Å². The van der Waals surface area contributed by atoms with Gasteiger partial charge in [-0.2, -0.15) is 0 Å². The van der Waals surface area contributed by atoms with Crippen LogP contribution in [0.25, 0.3) is 5.57 Å². The van der Waals surface area contributed by atoms with E-state index in [0.29, 0.717) is 5.56 Å².